The molecule has 0 bridgehead atoms. The van der Waals surface area contributed by atoms with E-state index in [0.717, 1.165) is 42.5 Å². The number of quaternary nitrogens is 1. The fraction of sp³-hybridized carbons (Fsp3) is 0.600. The lowest BCUT2D eigenvalue weighted by molar-refractivity contribution is -0.940. The Morgan fingerprint density at radius 2 is 1.48 bits per heavy atom. The van der Waals surface area contributed by atoms with Gasteiger partial charge in [-0.3, -0.25) is 4.48 Å². The van der Waals surface area contributed by atoms with E-state index in [9.17, 15) is 0 Å². The molecule has 1 atom stereocenters. The molecule has 0 saturated heterocycles. The number of terminal acetylenes is 1. The highest BCUT2D eigenvalue weighted by molar-refractivity contribution is 14.1. The summed E-state index contributed by atoms with van der Waals surface area (Å²) in [5, 5.41) is 1.83. The van der Waals surface area contributed by atoms with Gasteiger partial charge < -0.3 is 0 Å². The van der Waals surface area contributed by atoms with Gasteiger partial charge in [-0.2, -0.15) is 0 Å². The van der Waals surface area contributed by atoms with E-state index < -0.39 is 0 Å². The molecule has 0 radical (unpaired) electrons. The quantitative estimate of drug-likeness (QED) is 0.0706. The van der Waals surface area contributed by atoms with Crippen molar-refractivity contribution in [1.29, 1.82) is 0 Å². The van der Waals surface area contributed by atoms with Gasteiger partial charge in [0.2, 0.25) is 4.05 Å². The predicted molar refractivity (Wildman–Crippen MR) is 121 cm³/mol. The van der Waals surface area contributed by atoms with Gasteiger partial charge in [0, 0.05) is 33.2 Å². The van der Waals surface area contributed by atoms with Gasteiger partial charge in [-0.25, -0.2) is 0 Å². The monoisotopic (exact) mass is 514 g/mol. The van der Waals surface area contributed by atoms with Crippen LogP contribution in [0, 0.1) is 12.3 Å². The van der Waals surface area contributed by atoms with Crippen molar-refractivity contribution in [3.05, 3.63) is 32.8 Å². The van der Waals surface area contributed by atoms with Gasteiger partial charge in [-0.15, -0.1) is 6.42 Å². The van der Waals surface area contributed by atoms with E-state index in [1.807, 2.05) is 0 Å². The molecule has 25 heavy (non-hydrogen) atoms. The van der Waals surface area contributed by atoms with Gasteiger partial charge in [0.05, 0.1) is 23.1 Å². The number of benzene rings is 1. The van der Waals surface area contributed by atoms with Crippen LogP contribution < -0.4 is 0 Å². The van der Waals surface area contributed by atoms with Crippen molar-refractivity contribution in [2.45, 2.75) is 63.0 Å². The second-order valence-corrected chi connectivity index (χ2v) is 9.02. The minimum absolute atomic E-state index is 0.0918. The standard InChI is InChI=1S/C20H28Cl3IN/c1-4-7-9-11-25(20(24)6-3,12-10-8-5-2)15-17-18(22)13-16(21)14-19(17)23/h3,13-14,20H,4-5,7-12,15H2,1-2H3/q+1. The molecule has 0 aliphatic carbocycles. The first-order chi connectivity index (χ1) is 11.9. The first-order valence-electron chi connectivity index (χ1n) is 8.99. The highest BCUT2D eigenvalue weighted by atomic mass is 127. The van der Waals surface area contributed by atoms with Crippen LogP contribution in [0.2, 0.25) is 15.1 Å². The van der Waals surface area contributed by atoms with Crippen molar-refractivity contribution in [2.24, 2.45) is 0 Å². The van der Waals surface area contributed by atoms with Gasteiger partial charge in [0.25, 0.3) is 0 Å². The SMILES string of the molecule is C#CC(I)[N+](CCCCC)(CCCCC)Cc1c(Cl)cc(Cl)cc1Cl. The van der Waals surface area contributed by atoms with Crippen molar-refractivity contribution in [1.82, 2.24) is 0 Å². The zero-order chi connectivity index (χ0) is 18.9. The Hall–Kier alpha value is 0.340. The third-order valence-corrected chi connectivity index (χ3v) is 7.05. The lowest BCUT2D eigenvalue weighted by Gasteiger charge is -2.41. The molecule has 0 N–H and O–H groups in total. The molecule has 1 rings (SSSR count). The number of unbranched alkanes of at least 4 members (excludes halogenated alkanes) is 4. The normalized spacial score (nSPS) is 12.8. The second-order valence-electron chi connectivity index (χ2n) is 6.59. The van der Waals surface area contributed by atoms with Crippen molar-refractivity contribution in [3.8, 4) is 12.3 Å². The summed E-state index contributed by atoms with van der Waals surface area (Å²) in [5.74, 6) is 2.98. The summed E-state index contributed by atoms with van der Waals surface area (Å²) in [6.07, 6.45) is 13.0. The van der Waals surface area contributed by atoms with E-state index >= 15 is 0 Å². The Morgan fingerprint density at radius 3 is 1.88 bits per heavy atom. The van der Waals surface area contributed by atoms with Crippen LogP contribution in [0.5, 0.6) is 0 Å². The molecule has 5 heteroatoms. The topological polar surface area (TPSA) is 0 Å². The minimum Gasteiger partial charge on any atom is -0.299 e. The zero-order valence-electron chi connectivity index (χ0n) is 15.1. The predicted octanol–water partition coefficient (Wildman–Crippen LogP) is 7.74. The first kappa shape index (κ1) is 23.4. The molecule has 0 spiro atoms. The van der Waals surface area contributed by atoms with Crippen LogP contribution in [0.1, 0.15) is 57.9 Å². The molecular weight excluding hydrogens is 487 g/mol. The number of halogens is 4. The van der Waals surface area contributed by atoms with E-state index in [-0.39, 0.29) is 4.05 Å². The lowest BCUT2D eigenvalue weighted by atomic mass is 10.1. The van der Waals surface area contributed by atoms with Gasteiger partial charge in [-0.05, 0) is 43.7 Å². The maximum Gasteiger partial charge on any atom is 0.200 e. The number of alkyl halides is 1. The van der Waals surface area contributed by atoms with Gasteiger partial charge in [0.15, 0.2) is 0 Å². The van der Waals surface area contributed by atoms with Crippen LogP contribution in [-0.4, -0.2) is 21.6 Å². The summed E-state index contributed by atoms with van der Waals surface area (Å²) in [4.78, 5) is 0. The highest BCUT2D eigenvalue weighted by Gasteiger charge is 2.35. The molecule has 0 saturated carbocycles. The van der Waals surface area contributed by atoms with E-state index in [1.54, 1.807) is 12.1 Å². The molecule has 0 aliphatic heterocycles. The molecule has 1 unspecified atom stereocenters. The molecular formula is C20H28Cl3IN+. The van der Waals surface area contributed by atoms with E-state index in [1.165, 1.54) is 25.7 Å². The molecule has 140 valence electrons. The van der Waals surface area contributed by atoms with E-state index in [0.29, 0.717) is 15.1 Å². The Labute approximate surface area is 182 Å². The van der Waals surface area contributed by atoms with Crippen LogP contribution in [0.4, 0.5) is 0 Å². The zero-order valence-corrected chi connectivity index (χ0v) is 19.6. The third kappa shape index (κ3) is 7.11. The average Bonchev–Trinajstić information content (AvgIpc) is 2.57. The summed E-state index contributed by atoms with van der Waals surface area (Å²) in [7, 11) is 0. The molecule has 0 amide bonds. The number of rotatable bonds is 11. The van der Waals surface area contributed by atoms with Crippen LogP contribution in [0.25, 0.3) is 0 Å². The highest BCUT2D eigenvalue weighted by Crippen LogP contribution is 2.35. The molecule has 0 heterocycles. The number of hydrogen-bond donors (Lipinski definition) is 0. The lowest BCUT2D eigenvalue weighted by Crippen LogP contribution is -2.53. The molecule has 1 nitrogen and oxygen atoms in total. The average molecular weight is 516 g/mol. The van der Waals surface area contributed by atoms with Crippen LogP contribution in [0.15, 0.2) is 12.1 Å². The van der Waals surface area contributed by atoms with Crippen molar-refractivity contribution in [3.63, 3.8) is 0 Å². The van der Waals surface area contributed by atoms with Crippen LogP contribution in [-0.2, 0) is 6.54 Å². The smallest absolute Gasteiger partial charge is 0.200 e. The van der Waals surface area contributed by atoms with Crippen LogP contribution >= 0.6 is 57.4 Å². The van der Waals surface area contributed by atoms with Gasteiger partial charge in [0.1, 0.15) is 6.54 Å². The molecule has 0 aliphatic rings. The number of nitrogens with zero attached hydrogens (tertiary/aromatic N) is 1. The second kappa shape index (κ2) is 11.9. The molecule has 0 fully saturated rings. The van der Waals surface area contributed by atoms with E-state index in [2.05, 4.69) is 42.4 Å². The summed E-state index contributed by atoms with van der Waals surface area (Å²) >= 11 is 21.4. The first-order valence-corrected chi connectivity index (χ1v) is 11.4. The summed E-state index contributed by atoms with van der Waals surface area (Å²) in [6, 6.07) is 3.55. The fourth-order valence-electron chi connectivity index (χ4n) is 3.13. The molecule has 0 aromatic heterocycles. The van der Waals surface area contributed by atoms with Crippen molar-refractivity contribution in [2.75, 3.05) is 13.1 Å². The maximum absolute atomic E-state index is 6.48. The summed E-state index contributed by atoms with van der Waals surface area (Å²) < 4.78 is 0.923. The maximum atomic E-state index is 6.48. The third-order valence-electron chi connectivity index (χ3n) is 4.61. The Balaban J connectivity index is 3.20. The van der Waals surface area contributed by atoms with E-state index in [4.69, 9.17) is 41.2 Å². The molecule has 1 aromatic carbocycles. The number of hydrogen-bond acceptors (Lipinski definition) is 0. The van der Waals surface area contributed by atoms with Crippen molar-refractivity contribution < 1.29 is 4.48 Å². The van der Waals surface area contributed by atoms with Gasteiger partial charge >= 0.3 is 0 Å². The Morgan fingerprint density at radius 1 is 1.00 bits per heavy atom. The minimum atomic E-state index is 0.0918. The fourth-order valence-corrected chi connectivity index (χ4v) is 4.82. The largest absolute Gasteiger partial charge is 0.299 e. The van der Waals surface area contributed by atoms with Crippen molar-refractivity contribution >= 4 is 57.4 Å². The summed E-state index contributed by atoms with van der Waals surface area (Å²) in [5.41, 5.74) is 0.956. The summed E-state index contributed by atoms with van der Waals surface area (Å²) in [6.45, 7) is 7.29. The van der Waals surface area contributed by atoms with Gasteiger partial charge in [-0.1, -0.05) is 61.5 Å². The van der Waals surface area contributed by atoms with Crippen LogP contribution in [0.3, 0.4) is 0 Å². The Bertz CT molecular complexity index is 550. The Kier molecular flexibility index (Phi) is 11.2. The molecule has 1 aromatic rings.